The van der Waals surface area contributed by atoms with Crippen molar-refractivity contribution in [3.8, 4) is 11.3 Å². The Morgan fingerprint density at radius 3 is 2.88 bits per heavy atom. The Bertz CT molecular complexity index is 819. The highest BCUT2D eigenvalue weighted by Crippen LogP contribution is 2.32. The molecule has 1 aromatic heterocycles. The smallest absolute Gasteiger partial charge is 0.135 e. The van der Waals surface area contributed by atoms with E-state index in [1.807, 2.05) is 22.4 Å². The van der Waals surface area contributed by atoms with E-state index in [0.717, 1.165) is 30.7 Å². The molecule has 6 heteroatoms. The van der Waals surface area contributed by atoms with Gasteiger partial charge in [-0.15, -0.1) is 11.3 Å². The first-order chi connectivity index (χ1) is 12.1. The van der Waals surface area contributed by atoms with Crippen LogP contribution < -0.4 is 0 Å². The van der Waals surface area contributed by atoms with E-state index in [1.54, 1.807) is 0 Å². The molecule has 1 fully saturated rings. The minimum atomic E-state index is 0.159. The van der Waals surface area contributed by atoms with E-state index < -0.39 is 0 Å². The van der Waals surface area contributed by atoms with Crippen LogP contribution in [-0.4, -0.2) is 46.6 Å². The van der Waals surface area contributed by atoms with Gasteiger partial charge in [-0.05, 0) is 19.8 Å². The van der Waals surface area contributed by atoms with Gasteiger partial charge in [0.25, 0.3) is 0 Å². The van der Waals surface area contributed by atoms with Crippen LogP contribution in [0.4, 0.5) is 0 Å². The minimum absolute atomic E-state index is 0.159. The van der Waals surface area contributed by atoms with Gasteiger partial charge < -0.3 is 14.7 Å². The van der Waals surface area contributed by atoms with Gasteiger partial charge in [0.2, 0.25) is 0 Å². The van der Waals surface area contributed by atoms with Crippen molar-refractivity contribution in [2.75, 3.05) is 19.7 Å². The molecule has 0 bridgehead atoms. The predicted molar refractivity (Wildman–Crippen MR) is 100 cm³/mol. The molecule has 2 aliphatic heterocycles. The van der Waals surface area contributed by atoms with Gasteiger partial charge in [0, 0.05) is 24.1 Å². The normalized spacial score (nSPS) is 20.8. The lowest BCUT2D eigenvalue weighted by molar-refractivity contribution is 0.0924. The summed E-state index contributed by atoms with van der Waals surface area (Å²) in [6, 6.07) is 8.22. The van der Waals surface area contributed by atoms with E-state index in [-0.39, 0.29) is 11.9 Å². The van der Waals surface area contributed by atoms with Crippen LogP contribution in [0.25, 0.3) is 16.8 Å². The summed E-state index contributed by atoms with van der Waals surface area (Å²) in [6.45, 7) is 3.88. The Morgan fingerprint density at radius 1 is 1.36 bits per heavy atom. The van der Waals surface area contributed by atoms with Crippen LogP contribution in [-0.2, 0) is 4.74 Å². The summed E-state index contributed by atoms with van der Waals surface area (Å²) < 4.78 is 5.66. The molecule has 4 rings (SSSR count). The molecule has 25 heavy (non-hydrogen) atoms. The van der Waals surface area contributed by atoms with Crippen LogP contribution in [0.1, 0.15) is 23.4 Å². The lowest BCUT2D eigenvalue weighted by atomic mass is 10.1. The number of nitrogens with one attached hydrogen (secondary N) is 1. The van der Waals surface area contributed by atoms with Gasteiger partial charge in [-0.3, -0.25) is 5.41 Å². The van der Waals surface area contributed by atoms with Crippen molar-refractivity contribution >= 4 is 22.7 Å². The fourth-order valence-electron chi connectivity index (χ4n) is 3.29. The molecule has 1 aromatic carbocycles. The standard InChI is InChI=1S/C19H21N3O2S/c1-12-4-6-13(7-5-12)15-11-25-19(21-15)17-16(23)10-22(18(17)20)9-14-3-2-8-24-14/h4-7,11,14,20,23H,2-3,8-10H2,1H3/t14-/m0/s1. The number of benzene rings is 1. The van der Waals surface area contributed by atoms with Crippen LogP contribution in [0, 0.1) is 12.3 Å². The number of aliphatic hydroxyl groups is 1. The lowest BCUT2D eigenvalue weighted by Crippen LogP contribution is -2.34. The lowest BCUT2D eigenvalue weighted by Gasteiger charge is -2.21. The number of hydrogen-bond donors (Lipinski definition) is 2. The van der Waals surface area contributed by atoms with Gasteiger partial charge >= 0.3 is 0 Å². The number of hydrogen-bond acceptors (Lipinski definition) is 5. The highest BCUT2D eigenvalue weighted by atomic mass is 32.1. The van der Waals surface area contributed by atoms with Crippen molar-refractivity contribution in [2.24, 2.45) is 0 Å². The second-order valence-corrected chi connectivity index (χ2v) is 7.45. The maximum Gasteiger partial charge on any atom is 0.135 e. The van der Waals surface area contributed by atoms with E-state index in [4.69, 9.17) is 10.1 Å². The monoisotopic (exact) mass is 355 g/mol. The van der Waals surface area contributed by atoms with Crippen molar-refractivity contribution < 1.29 is 9.84 Å². The number of aryl methyl sites for hydroxylation is 1. The van der Waals surface area contributed by atoms with Crippen molar-refractivity contribution in [3.05, 3.63) is 46.0 Å². The second kappa shape index (κ2) is 6.61. The van der Waals surface area contributed by atoms with E-state index in [0.29, 0.717) is 29.5 Å². The predicted octanol–water partition coefficient (Wildman–Crippen LogP) is 3.86. The Labute approximate surface area is 151 Å². The highest BCUT2D eigenvalue weighted by Gasteiger charge is 2.32. The maximum absolute atomic E-state index is 10.4. The summed E-state index contributed by atoms with van der Waals surface area (Å²) in [4.78, 5) is 6.54. The average Bonchev–Trinajstić information content (AvgIpc) is 3.31. The summed E-state index contributed by atoms with van der Waals surface area (Å²) in [5.74, 6) is 0.575. The zero-order chi connectivity index (χ0) is 17.4. The van der Waals surface area contributed by atoms with Gasteiger partial charge in [0.1, 0.15) is 16.6 Å². The first kappa shape index (κ1) is 16.3. The molecule has 1 atom stereocenters. The molecule has 2 aromatic rings. The maximum atomic E-state index is 10.4. The third-order valence-corrected chi connectivity index (χ3v) is 5.56. The van der Waals surface area contributed by atoms with Crippen LogP contribution in [0.5, 0.6) is 0 Å². The first-order valence-corrected chi connectivity index (χ1v) is 9.40. The molecule has 3 heterocycles. The van der Waals surface area contributed by atoms with E-state index in [9.17, 15) is 5.11 Å². The van der Waals surface area contributed by atoms with Gasteiger partial charge in [-0.2, -0.15) is 0 Å². The van der Waals surface area contributed by atoms with Crippen molar-refractivity contribution in [2.45, 2.75) is 25.9 Å². The quantitative estimate of drug-likeness (QED) is 0.874. The van der Waals surface area contributed by atoms with Crippen molar-refractivity contribution in [1.29, 1.82) is 5.41 Å². The van der Waals surface area contributed by atoms with Gasteiger partial charge in [-0.1, -0.05) is 29.8 Å². The van der Waals surface area contributed by atoms with Crippen molar-refractivity contribution in [3.63, 3.8) is 0 Å². The Balaban J connectivity index is 1.54. The number of aromatic nitrogens is 1. The third-order valence-electron chi connectivity index (χ3n) is 4.70. The summed E-state index contributed by atoms with van der Waals surface area (Å²) >= 11 is 1.47. The number of aliphatic hydroxyl groups excluding tert-OH is 1. The van der Waals surface area contributed by atoms with E-state index in [2.05, 4.69) is 24.0 Å². The summed E-state index contributed by atoms with van der Waals surface area (Å²) in [5.41, 5.74) is 3.70. The Kier molecular flexibility index (Phi) is 4.31. The minimum Gasteiger partial charge on any atom is -0.510 e. The number of rotatable bonds is 4. The molecule has 0 spiro atoms. The molecule has 0 saturated carbocycles. The van der Waals surface area contributed by atoms with Gasteiger partial charge in [0.05, 0.1) is 23.9 Å². The van der Waals surface area contributed by atoms with Crippen LogP contribution >= 0.6 is 11.3 Å². The molecule has 5 nitrogen and oxygen atoms in total. The van der Waals surface area contributed by atoms with Gasteiger partial charge in [-0.25, -0.2) is 4.98 Å². The average molecular weight is 355 g/mol. The fourth-order valence-corrected chi connectivity index (χ4v) is 4.19. The summed E-state index contributed by atoms with van der Waals surface area (Å²) in [7, 11) is 0. The Morgan fingerprint density at radius 2 is 2.16 bits per heavy atom. The molecular weight excluding hydrogens is 334 g/mol. The molecule has 2 aliphatic rings. The molecule has 0 aliphatic carbocycles. The van der Waals surface area contributed by atoms with Gasteiger partial charge in [0.15, 0.2) is 0 Å². The zero-order valence-corrected chi connectivity index (χ0v) is 15.0. The summed E-state index contributed by atoms with van der Waals surface area (Å²) in [5, 5.41) is 21.5. The number of amidine groups is 1. The molecule has 2 N–H and O–H groups in total. The number of ether oxygens (including phenoxy) is 1. The third kappa shape index (κ3) is 3.19. The molecule has 1 saturated heterocycles. The first-order valence-electron chi connectivity index (χ1n) is 8.52. The largest absolute Gasteiger partial charge is 0.510 e. The van der Waals surface area contributed by atoms with Crippen molar-refractivity contribution in [1.82, 2.24) is 9.88 Å². The number of nitrogens with zero attached hydrogens (tertiary/aromatic N) is 2. The number of thiazole rings is 1. The van der Waals surface area contributed by atoms with Crippen LogP contribution in [0.3, 0.4) is 0 Å². The molecular formula is C19H21N3O2S. The highest BCUT2D eigenvalue weighted by molar-refractivity contribution is 7.11. The topological polar surface area (TPSA) is 69.4 Å². The molecule has 0 amide bonds. The van der Waals surface area contributed by atoms with E-state index in [1.165, 1.54) is 16.9 Å². The second-order valence-electron chi connectivity index (χ2n) is 6.59. The molecule has 130 valence electrons. The van der Waals surface area contributed by atoms with Crippen LogP contribution in [0.2, 0.25) is 0 Å². The SMILES string of the molecule is Cc1ccc(-c2csc(C3=C(O)CN(C[C@@H]4CCCO4)C3=N)n2)cc1. The summed E-state index contributed by atoms with van der Waals surface area (Å²) in [6.07, 6.45) is 2.26. The van der Waals surface area contributed by atoms with E-state index >= 15 is 0 Å². The zero-order valence-electron chi connectivity index (χ0n) is 14.2. The molecule has 0 unspecified atom stereocenters. The fraction of sp³-hybridized carbons (Fsp3) is 0.368. The molecule has 0 radical (unpaired) electrons. The Hall–Kier alpha value is -2.18. The van der Waals surface area contributed by atoms with Crippen LogP contribution in [0.15, 0.2) is 35.4 Å².